The Morgan fingerprint density at radius 3 is 2.50 bits per heavy atom. The van der Waals surface area contributed by atoms with Crippen LogP contribution >= 0.6 is 34.7 Å². The van der Waals surface area contributed by atoms with Gasteiger partial charge in [-0.25, -0.2) is 9.79 Å². The number of fused-ring (bicyclic) bond motifs is 1. The van der Waals surface area contributed by atoms with Crippen LogP contribution in [0.3, 0.4) is 0 Å². The Bertz CT molecular complexity index is 1710. The molecule has 3 heterocycles. The Labute approximate surface area is 233 Å². The van der Waals surface area contributed by atoms with Gasteiger partial charge < -0.3 is 9.30 Å². The van der Waals surface area contributed by atoms with E-state index in [1.165, 1.54) is 11.3 Å². The summed E-state index contributed by atoms with van der Waals surface area (Å²) in [6.45, 7) is 5.41. The SMILES string of the molecule is CSc1ccc([C@@H]2C(C(=O)OC(C)C)=C(C)N=c3s/c(=C\c4cccn4-c4ccc(Cl)cc4)c(=O)n32)cc1. The second kappa shape index (κ2) is 10.8. The van der Waals surface area contributed by atoms with Gasteiger partial charge in [0.05, 0.1) is 27.9 Å². The minimum absolute atomic E-state index is 0.209. The fourth-order valence-electron chi connectivity index (χ4n) is 4.44. The van der Waals surface area contributed by atoms with Crippen LogP contribution in [0.1, 0.15) is 38.1 Å². The molecule has 1 atom stereocenters. The molecule has 0 spiro atoms. The lowest BCUT2D eigenvalue weighted by Gasteiger charge is -2.25. The molecule has 194 valence electrons. The van der Waals surface area contributed by atoms with Crippen molar-refractivity contribution in [3.8, 4) is 5.69 Å². The summed E-state index contributed by atoms with van der Waals surface area (Å²) in [4.78, 5) is 33.5. The van der Waals surface area contributed by atoms with Gasteiger partial charge in [-0.05, 0) is 87.2 Å². The number of rotatable bonds is 6. The predicted molar refractivity (Wildman–Crippen MR) is 154 cm³/mol. The number of carbonyl (C=O) groups excluding carboxylic acids is 1. The fraction of sp³-hybridized carbons (Fsp3) is 0.207. The molecule has 0 fully saturated rings. The quantitative estimate of drug-likeness (QED) is 0.234. The molecule has 0 amide bonds. The molecular weight excluding hydrogens is 538 g/mol. The van der Waals surface area contributed by atoms with Crippen LogP contribution in [0.5, 0.6) is 0 Å². The Morgan fingerprint density at radius 2 is 1.84 bits per heavy atom. The average molecular weight is 564 g/mol. The third kappa shape index (κ3) is 5.04. The third-order valence-electron chi connectivity index (χ3n) is 6.18. The zero-order chi connectivity index (χ0) is 27.0. The fourth-order valence-corrected chi connectivity index (χ4v) is 6.01. The van der Waals surface area contributed by atoms with Gasteiger partial charge in [-0.3, -0.25) is 9.36 Å². The predicted octanol–water partition coefficient (Wildman–Crippen LogP) is 5.35. The first-order valence-electron chi connectivity index (χ1n) is 12.1. The number of allylic oxidation sites excluding steroid dienone is 1. The van der Waals surface area contributed by atoms with Crippen LogP contribution < -0.4 is 14.9 Å². The van der Waals surface area contributed by atoms with Crippen molar-refractivity contribution in [2.45, 2.75) is 37.8 Å². The summed E-state index contributed by atoms with van der Waals surface area (Å²) in [7, 11) is 0. The van der Waals surface area contributed by atoms with E-state index in [4.69, 9.17) is 16.3 Å². The van der Waals surface area contributed by atoms with Gasteiger partial charge in [0.2, 0.25) is 0 Å². The van der Waals surface area contributed by atoms with Gasteiger partial charge in [-0.2, -0.15) is 0 Å². The molecule has 2 aromatic heterocycles. The number of hydrogen-bond donors (Lipinski definition) is 0. The lowest BCUT2D eigenvalue weighted by atomic mass is 9.96. The van der Waals surface area contributed by atoms with Crippen LogP contribution in [-0.4, -0.2) is 27.5 Å². The van der Waals surface area contributed by atoms with E-state index < -0.39 is 12.0 Å². The second-order valence-corrected chi connectivity index (χ2v) is 11.4. The molecular formula is C29H26ClN3O3S2. The molecule has 0 bridgehead atoms. The number of hydrogen-bond acceptors (Lipinski definition) is 6. The smallest absolute Gasteiger partial charge is 0.338 e. The maximum absolute atomic E-state index is 13.9. The van der Waals surface area contributed by atoms with Gasteiger partial charge in [0.1, 0.15) is 0 Å². The first-order valence-corrected chi connectivity index (χ1v) is 14.5. The molecule has 0 saturated heterocycles. The molecule has 2 aromatic carbocycles. The highest BCUT2D eigenvalue weighted by Crippen LogP contribution is 2.32. The van der Waals surface area contributed by atoms with E-state index in [2.05, 4.69) is 4.99 Å². The number of ether oxygens (including phenoxy) is 1. The van der Waals surface area contributed by atoms with Crippen LogP contribution in [0.2, 0.25) is 5.02 Å². The number of halogens is 1. The maximum Gasteiger partial charge on any atom is 0.338 e. The Morgan fingerprint density at radius 1 is 1.13 bits per heavy atom. The normalized spacial score (nSPS) is 15.5. The molecule has 9 heteroatoms. The number of carbonyl (C=O) groups is 1. The van der Waals surface area contributed by atoms with Crippen LogP contribution in [0.15, 0.2) is 92.8 Å². The van der Waals surface area contributed by atoms with E-state index in [0.717, 1.165) is 21.8 Å². The summed E-state index contributed by atoms with van der Waals surface area (Å²) in [6.07, 6.45) is 5.50. The van der Waals surface area contributed by atoms with Gasteiger partial charge in [-0.15, -0.1) is 11.8 Å². The topological polar surface area (TPSA) is 65.6 Å². The molecule has 1 aliphatic rings. The molecule has 38 heavy (non-hydrogen) atoms. The molecule has 5 rings (SSSR count). The summed E-state index contributed by atoms with van der Waals surface area (Å²) in [6, 6.07) is 18.7. The summed E-state index contributed by atoms with van der Waals surface area (Å²) >= 11 is 9.01. The van der Waals surface area contributed by atoms with Crippen molar-refractivity contribution in [1.29, 1.82) is 0 Å². The number of thioether (sulfide) groups is 1. The number of esters is 1. The monoisotopic (exact) mass is 563 g/mol. The average Bonchev–Trinajstić information content (AvgIpc) is 3.47. The third-order valence-corrected chi connectivity index (χ3v) is 8.16. The van der Waals surface area contributed by atoms with Crippen LogP contribution in [-0.2, 0) is 9.53 Å². The number of thiazole rings is 1. The van der Waals surface area contributed by atoms with E-state index in [-0.39, 0.29) is 11.7 Å². The Kier molecular flexibility index (Phi) is 7.47. The summed E-state index contributed by atoms with van der Waals surface area (Å²) in [5.74, 6) is -0.467. The zero-order valence-corrected chi connectivity index (χ0v) is 23.7. The molecule has 4 aromatic rings. The Balaban J connectivity index is 1.68. The maximum atomic E-state index is 13.9. The highest BCUT2D eigenvalue weighted by atomic mass is 35.5. The molecule has 0 N–H and O–H groups in total. The van der Waals surface area contributed by atoms with Gasteiger partial charge in [0.25, 0.3) is 5.56 Å². The minimum atomic E-state index is -0.640. The van der Waals surface area contributed by atoms with E-state index in [1.54, 1.807) is 37.1 Å². The molecule has 0 aliphatic carbocycles. The Hall–Kier alpha value is -3.33. The highest BCUT2D eigenvalue weighted by molar-refractivity contribution is 7.98. The largest absolute Gasteiger partial charge is 0.459 e. The molecule has 6 nitrogen and oxygen atoms in total. The summed E-state index contributed by atoms with van der Waals surface area (Å²) < 4.78 is 9.71. The van der Waals surface area contributed by atoms with Gasteiger partial charge in [-0.1, -0.05) is 35.1 Å². The van der Waals surface area contributed by atoms with E-state index >= 15 is 0 Å². The molecule has 0 radical (unpaired) electrons. The van der Waals surface area contributed by atoms with E-state index in [1.807, 2.05) is 83.8 Å². The van der Waals surface area contributed by atoms with Crippen molar-refractivity contribution in [3.63, 3.8) is 0 Å². The van der Waals surface area contributed by atoms with E-state index in [0.29, 0.717) is 25.6 Å². The first-order chi connectivity index (χ1) is 18.3. The number of aromatic nitrogens is 2. The molecule has 0 unspecified atom stereocenters. The highest BCUT2D eigenvalue weighted by Gasteiger charge is 2.33. The number of nitrogens with zero attached hydrogens (tertiary/aromatic N) is 3. The van der Waals surface area contributed by atoms with Crippen LogP contribution in [0.4, 0.5) is 0 Å². The molecule has 0 saturated carbocycles. The number of benzene rings is 2. The lowest BCUT2D eigenvalue weighted by Crippen LogP contribution is -2.40. The van der Waals surface area contributed by atoms with Crippen molar-refractivity contribution in [1.82, 2.24) is 9.13 Å². The second-order valence-electron chi connectivity index (χ2n) is 9.09. The molecule has 1 aliphatic heterocycles. The summed E-state index contributed by atoms with van der Waals surface area (Å²) in [5, 5.41) is 0.656. The lowest BCUT2D eigenvalue weighted by molar-refractivity contribution is -0.143. The first kappa shape index (κ1) is 26.3. The van der Waals surface area contributed by atoms with Crippen LogP contribution in [0, 0.1) is 0 Å². The van der Waals surface area contributed by atoms with Gasteiger partial charge in [0.15, 0.2) is 4.80 Å². The van der Waals surface area contributed by atoms with Crippen LogP contribution in [0.25, 0.3) is 11.8 Å². The minimum Gasteiger partial charge on any atom is -0.459 e. The van der Waals surface area contributed by atoms with Crippen molar-refractivity contribution >= 4 is 46.7 Å². The summed E-state index contributed by atoms with van der Waals surface area (Å²) in [5.41, 5.74) is 3.31. The van der Waals surface area contributed by atoms with E-state index in [9.17, 15) is 9.59 Å². The van der Waals surface area contributed by atoms with Gasteiger partial charge in [0, 0.05) is 27.5 Å². The van der Waals surface area contributed by atoms with Crippen molar-refractivity contribution in [3.05, 3.63) is 114 Å². The zero-order valence-electron chi connectivity index (χ0n) is 21.3. The van der Waals surface area contributed by atoms with Crippen molar-refractivity contribution in [2.24, 2.45) is 4.99 Å². The van der Waals surface area contributed by atoms with Crippen molar-refractivity contribution < 1.29 is 9.53 Å². The van der Waals surface area contributed by atoms with Gasteiger partial charge >= 0.3 is 5.97 Å². The standard InChI is InChI=1S/C29H26ClN3O3S2/c1-17(2)36-28(35)25-18(3)31-29-33(26(25)19-7-13-23(37-4)14-8-19)27(34)24(38-29)16-22-6-5-15-32(22)21-11-9-20(30)10-12-21/h5-17,26H,1-4H3/b24-16-/t26-/m1/s1. The van der Waals surface area contributed by atoms with Crippen molar-refractivity contribution in [2.75, 3.05) is 6.26 Å².